The van der Waals surface area contributed by atoms with Crippen LogP contribution >= 0.6 is 0 Å². The summed E-state index contributed by atoms with van der Waals surface area (Å²) in [5, 5.41) is 9.85. The van der Waals surface area contributed by atoms with Gasteiger partial charge in [0.2, 0.25) is 12.0 Å². The normalized spacial score (nSPS) is 16.5. The van der Waals surface area contributed by atoms with Gasteiger partial charge in [-0.1, -0.05) is 65.8 Å². The maximum Gasteiger partial charge on any atom is 0.265 e. The van der Waals surface area contributed by atoms with Gasteiger partial charge in [0.25, 0.3) is 5.91 Å². The molecule has 0 fully saturated rings. The van der Waals surface area contributed by atoms with Crippen LogP contribution in [0.2, 0.25) is 0 Å². The van der Waals surface area contributed by atoms with E-state index in [1.165, 1.54) is 4.90 Å². The quantitative estimate of drug-likeness (QED) is 0.552. The number of hydrogen-bond acceptors (Lipinski definition) is 4. The Kier molecular flexibility index (Phi) is 7.57. The molecule has 0 radical (unpaired) electrons. The summed E-state index contributed by atoms with van der Waals surface area (Å²) in [4.78, 5) is 32.2. The molecule has 158 valence electrons. The van der Waals surface area contributed by atoms with Crippen LogP contribution in [0.5, 0.6) is 0 Å². The summed E-state index contributed by atoms with van der Waals surface area (Å²) in [5.74, 6) is -0.533. The Bertz CT molecular complexity index is 869. The highest BCUT2D eigenvalue weighted by atomic mass is 16.6. The maximum atomic E-state index is 12.8. The fourth-order valence-corrected chi connectivity index (χ4v) is 3.20. The SMILES string of the molecule is C[NH+](C)CCNC(=O)[C@H](Cc1ccccc1)NC(=O)[C@H]1CC(c2ccccc2)=NO1. The number of rotatable bonds is 9. The molecule has 0 bridgehead atoms. The molecule has 1 aliphatic rings. The van der Waals surface area contributed by atoms with E-state index in [0.29, 0.717) is 19.4 Å². The zero-order valence-electron chi connectivity index (χ0n) is 17.4. The standard InChI is InChI=1S/C23H28N4O3/c1-27(2)14-13-24-22(28)20(15-17-9-5-3-6-10-17)25-23(29)21-16-19(26-30-21)18-11-7-4-8-12-18/h3-12,20-21H,13-16H2,1-2H3,(H,24,28)(H,25,29)/p+1/t20-,21+/m0/s1. The highest BCUT2D eigenvalue weighted by molar-refractivity contribution is 6.04. The van der Waals surface area contributed by atoms with Crippen LogP contribution in [0.1, 0.15) is 17.5 Å². The van der Waals surface area contributed by atoms with Gasteiger partial charge in [0, 0.05) is 12.8 Å². The van der Waals surface area contributed by atoms with Crippen LogP contribution in [-0.2, 0) is 20.8 Å². The number of quaternary nitrogens is 1. The molecule has 1 heterocycles. The lowest BCUT2D eigenvalue weighted by molar-refractivity contribution is -0.856. The van der Waals surface area contributed by atoms with Crippen molar-refractivity contribution in [2.45, 2.75) is 25.0 Å². The van der Waals surface area contributed by atoms with Crippen LogP contribution in [0, 0.1) is 0 Å². The van der Waals surface area contributed by atoms with Gasteiger partial charge in [-0.15, -0.1) is 0 Å². The fraction of sp³-hybridized carbons (Fsp3) is 0.348. The van der Waals surface area contributed by atoms with Gasteiger partial charge in [0.15, 0.2) is 0 Å². The van der Waals surface area contributed by atoms with Crippen molar-refractivity contribution in [3.05, 3.63) is 71.8 Å². The molecule has 0 aromatic heterocycles. The third-order valence-corrected chi connectivity index (χ3v) is 4.91. The van der Waals surface area contributed by atoms with Crippen molar-refractivity contribution in [1.29, 1.82) is 0 Å². The molecule has 3 rings (SSSR count). The van der Waals surface area contributed by atoms with Gasteiger partial charge in [-0.2, -0.15) is 0 Å². The molecule has 2 aromatic rings. The Morgan fingerprint density at radius 2 is 1.77 bits per heavy atom. The maximum absolute atomic E-state index is 12.8. The topological polar surface area (TPSA) is 84.2 Å². The Morgan fingerprint density at radius 3 is 2.43 bits per heavy atom. The number of benzene rings is 2. The van der Waals surface area contributed by atoms with E-state index < -0.39 is 12.1 Å². The molecule has 3 N–H and O–H groups in total. The van der Waals surface area contributed by atoms with Gasteiger partial charge < -0.3 is 20.4 Å². The van der Waals surface area contributed by atoms with Crippen molar-refractivity contribution in [3.63, 3.8) is 0 Å². The number of likely N-dealkylation sites (N-methyl/N-ethyl adjacent to an activating group) is 1. The predicted molar refractivity (Wildman–Crippen MR) is 115 cm³/mol. The van der Waals surface area contributed by atoms with E-state index in [-0.39, 0.29) is 11.8 Å². The average Bonchev–Trinajstić information content (AvgIpc) is 3.25. The first-order chi connectivity index (χ1) is 14.5. The summed E-state index contributed by atoms with van der Waals surface area (Å²) in [6.45, 7) is 1.35. The van der Waals surface area contributed by atoms with Crippen molar-refractivity contribution in [2.75, 3.05) is 27.2 Å². The van der Waals surface area contributed by atoms with Crippen LogP contribution in [-0.4, -0.2) is 56.9 Å². The van der Waals surface area contributed by atoms with E-state index in [4.69, 9.17) is 4.84 Å². The predicted octanol–water partition coefficient (Wildman–Crippen LogP) is 0.168. The van der Waals surface area contributed by atoms with Crippen LogP contribution in [0.15, 0.2) is 65.8 Å². The van der Waals surface area contributed by atoms with Gasteiger partial charge in [0.1, 0.15) is 6.04 Å². The molecule has 2 atom stereocenters. The molecular formula is C23H29N4O3+. The number of carbonyl (C=O) groups is 2. The summed E-state index contributed by atoms with van der Waals surface area (Å²) >= 11 is 0. The van der Waals surface area contributed by atoms with Crippen molar-refractivity contribution >= 4 is 17.5 Å². The van der Waals surface area contributed by atoms with Gasteiger partial charge in [0.05, 0.1) is 32.9 Å². The van der Waals surface area contributed by atoms with Crippen LogP contribution in [0.3, 0.4) is 0 Å². The lowest BCUT2D eigenvalue weighted by Crippen LogP contribution is -3.06. The molecule has 2 amide bonds. The van der Waals surface area contributed by atoms with E-state index in [1.54, 1.807) is 0 Å². The molecule has 0 aliphatic carbocycles. The zero-order valence-corrected chi connectivity index (χ0v) is 17.4. The van der Waals surface area contributed by atoms with Gasteiger partial charge in [-0.25, -0.2) is 0 Å². The summed E-state index contributed by atoms with van der Waals surface area (Å²) in [6.07, 6.45) is 0.0452. The summed E-state index contributed by atoms with van der Waals surface area (Å²) < 4.78 is 0. The van der Waals surface area contributed by atoms with Crippen molar-refractivity contribution in [2.24, 2.45) is 5.16 Å². The summed E-state index contributed by atoms with van der Waals surface area (Å²) in [6, 6.07) is 18.6. The summed E-state index contributed by atoms with van der Waals surface area (Å²) in [5.41, 5.74) is 2.64. The second kappa shape index (κ2) is 10.5. The third kappa shape index (κ3) is 6.15. The van der Waals surface area contributed by atoms with E-state index in [9.17, 15) is 9.59 Å². The smallest absolute Gasteiger partial charge is 0.265 e. The number of carbonyl (C=O) groups excluding carboxylic acids is 2. The third-order valence-electron chi connectivity index (χ3n) is 4.91. The largest absolute Gasteiger partial charge is 0.382 e. The minimum atomic E-state index is -0.738. The number of oxime groups is 1. The number of nitrogens with zero attached hydrogens (tertiary/aromatic N) is 1. The first kappa shape index (κ1) is 21.5. The van der Waals surface area contributed by atoms with Gasteiger partial charge in [-0.3, -0.25) is 9.59 Å². The van der Waals surface area contributed by atoms with Gasteiger partial charge in [-0.05, 0) is 11.1 Å². The second-order valence-electron chi connectivity index (χ2n) is 7.70. The Labute approximate surface area is 177 Å². The molecule has 0 unspecified atom stereocenters. The van der Waals surface area contributed by atoms with E-state index in [2.05, 4.69) is 15.8 Å². The zero-order chi connectivity index (χ0) is 21.3. The average molecular weight is 410 g/mol. The highest BCUT2D eigenvalue weighted by Gasteiger charge is 2.32. The lowest BCUT2D eigenvalue weighted by atomic mass is 10.0. The minimum Gasteiger partial charge on any atom is -0.382 e. The molecular weight excluding hydrogens is 380 g/mol. The molecule has 2 aromatic carbocycles. The molecule has 7 nitrogen and oxygen atoms in total. The molecule has 7 heteroatoms. The van der Waals surface area contributed by atoms with E-state index in [0.717, 1.165) is 23.4 Å². The monoisotopic (exact) mass is 409 g/mol. The second-order valence-corrected chi connectivity index (χ2v) is 7.70. The minimum absolute atomic E-state index is 0.198. The first-order valence-electron chi connectivity index (χ1n) is 10.2. The number of nitrogens with one attached hydrogen (secondary N) is 3. The van der Waals surface area contributed by atoms with Crippen molar-refractivity contribution in [3.8, 4) is 0 Å². The highest BCUT2D eigenvalue weighted by Crippen LogP contribution is 2.17. The Morgan fingerprint density at radius 1 is 1.10 bits per heavy atom. The molecule has 0 saturated heterocycles. The first-order valence-corrected chi connectivity index (χ1v) is 10.2. The molecule has 1 aliphatic heterocycles. The fourth-order valence-electron chi connectivity index (χ4n) is 3.20. The molecule has 30 heavy (non-hydrogen) atoms. The molecule has 0 spiro atoms. The van der Waals surface area contributed by atoms with Crippen LogP contribution in [0.25, 0.3) is 0 Å². The Hall–Kier alpha value is -3.19. The number of hydrogen-bond donors (Lipinski definition) is 3. The van der Waals surface area contributed by atoms with Gasteiger partial charge >= 0.3 is 0 Å². The summed E-state index contributed by atoms with van der Waals surface area (Å²) in [7, 11) is 4.05. The van der Waals surface area contributed by atoms with Crippen LogP contribution in [0.4, 0.5) is 0 Å². The van der Waals surface area contributed by atoms with E-state index >= 15 is 0 Å². The molecule has 0 saturated carbocycles. The Balaban J connectivity index is 1.62. The lowest BCUT2D eigenvalue weighted by Gasteiger charge is -2.20. The number of amides is 2. The van der Waals surface area contributed by atoms with Crippen molar-refractivity contribution in [1.82, 2.24) is 10.6 Å². The van der Waals surface area contributed by atoms with E-state index in [1.807, 2.05) is 74.8 Å². The van der Waals surface area contributed by atoms with Crippen LogP contribution < -0.4 is 15.5 Å². The van der Waals surface area contributed by atoms with Crippen molar-refractivity contribution < 1.29 is 19.3 Å².